The molecule has 1 fully saturated rings. The monoisotopic (exact) mass is 424 g/mol. The Bertz CT molecular complexity index is 1080. The molecule has 2 aliphatic rings. The number of halogens is 1. The number of nitrogens with zero attached hydrogens (tertiary/aromatic N) is 3. The Balaban J connectivity index is 1.20. The molecule has 3 aromatic rings. The van der Waals surface area contributed by atoms with Crippen molar-refractivity contribution in [3.8, 4) is 22.8 Å². The number of benzene rings is 2. The second-order valence-corrected chi connectivity index (χ2v) is 7.81. The van der Waals surface area contributed by atoms with Crippen LogP contribution in [-0.2, 0) is 6.54 Å². The largest absolute Gasteiger partial charge is 0.454 e. The van der Waals surface area contributed by atoms with Crippen molar-refractivity contribution in [3.63, 3.8) is 0 Å². The van der Waals surface area contributed by atoms with Crippen LogP contribution in [0.15, 0.2) is 48.5 Å². The predicted octanol–water partition coefficient (Wildman–Crippen LogP) is 3.42. The molecule has 2 aliphatic heterocycles. The van der Waals surface area contributed by atoms with Crippen LogP contribution >= 0.6 is 11.6 Å². The number of aromatic nitrogens is 2. The molecule has 1 N–H and O–H groups in total. The van der Waals surface area contributed by atoms with Crippen LogP contribution in [0.5, 0.6) is 11.5 Å². The third kappa shape index (κ3) is 3.74. The highest BCUT2D eigenvalue weighted by Crippen LogP contribution is 2.33. The molecule has 0 atom stereocenters. The van der Waals surface area contributed by atoms with Gasteiger partial charge in [-0.25, -0.2) is 0 Å². The van der Waals surface area contributed by atoms with Gasteiger partial charge in [0, 0.05) is 38.3 Å². The molecule has 1 aromatic heterocycles. The lowest BCUT2D eigenvalue weighted by Crippen LogP contribution is -2.48. The Hall–Kier alpha value is -3.03. The molecule has 0 spiro atoms. The van der Waals surface area contributed by atoms with Gasteiger partial charge in [0.15, 0.2) is 11.5 Å². The van der Waals surface area contributed by atoms with E-state index < -0.39 is 0 Å². The zero-order valence-corrected chi connectivity index (χ0v) is 17.1. The second-order valence-electron chi connectivity index (χ2n) is 7.40. The maximum atomic E-state index is 12.9. The van der Waals surface area contributed by atoms with E-state index in [2.05, 4.69) is 21.2 Å². The average Bonchev–Trinajstić information content (AvgIpc) is 3.43. The standard InChI is InChI=1S/C22H21ClN4O3/c23-17-4-2-1-3-16(17)18-12-19(25-24-18)22(28)27-9-7-26(8-10-27)13-15-5-6-20-21(11-15)30-14-29-20/h1-6,11-12H,7-10,13-14H2,(H,24,25). The predicted molar refractivity (Wildman–Crippen MR) is 113 cm³/mol. The second kappa shape index (κ2) is 8.01. The zero-order valence-electron chi connectivity index (χ0n) is 16.3. The van der Waals surface area contributed by atoms with E-state index >= 15 is 0 Å². The first-order chi connectivity index (χ1) is 14.7. The number of hydrogen-bond donors (Lipinski definition) is 1. The molecule has 0 unspecified atom stereocenters. The normalized spacial score (nSPS) is 16.1. The van der Waals surface area contributed by atoms with Crippen LogP contribution in [0.1, 0.15) is 16.1 Å². The van der Waals surface area contributed by atoms with Crippen LogP contribution in [0.4, 0.5) is 0 Å². The maximum Gasteiger partial charge on any atom is 0.271 e. The fraction of sp³-hybridized carbons (Fsp3) is 0.273. The molecule has 2 aromatic carbocycles. The Labute approximate surface area is 179 Å². The fourth-order valence-corrected chi connectivity index (χ4v) is 4.05. The van der Waals surface area contributed by atoms with E-state index in [9.17, 15) is 4.79 Å². The van der Waals surface area contributed by atoms with Crippen molar-refractivity contribution < 1.29 is 14.3 Å². The molecule has 0 radical (unpaired) electrons. The summed E-state index contributed by atoms with van der Waals surface area (Å²) >= 11 is 6.24. The number of amides is 1. The maximum absolute atomic E-state index is 12.9. The summed E-state index contributed by atoms with van der Waals surface area (Å²) in [5, 5.41) is 7.75. The Kier molecular flexibility index (Phi) is 5.06. The smallest absolute Gasteiger partial charge is 0.271 e. The Morgan fingerprint density at radius 2 is 1.83 bits per heavy atom. The molecule has 8 heteroatoms. The SMILES string of the molecule is O=C(c1cc(-c2ccccc2Cl)n[nH]1)N1CCN(Cc2ccc3c(c2)OCO3)CC1. The molecule has 1 saturated heterocycles. The highest BCUT2D eigenvalue weighted by molar-refractivity contribution is 6.33. The van der Waals surface area contributed by atoms with E-state index in [0.717, 1.165) is 36.7 Å². The molecular weight excluding hydrogens is 404 g/mol. The van der Waals surface area contributed by atoms with Gasteiger partial charge in [0.2, 0.25) is 6.79 Å². The summed E-state index contributed by atoms with van der Waals surface area (Å²) in [5.74, 6) is 1.56. The van der Waals surface area contributed by atoms with Crippen molar-refractivity contribution in [1.82, 2.24) is 20.0 Å². The van der Waals surface area contributed by atoms with E-state index in [4.69, 9.17) is 21.1 Å². The van der Waals surface area contributed by atoms with Gasteiger partial charge < -0.3 is 14.4 Å². The van der Waals surface area contributed by atoms with Crippen LogP contribution in [0.3, 0.4) is 0 Å². The van der Waals surface area contributed by atoms with Gasteiger partial charge in [-0.15, -0.1) is 0 Å². The Morgan fingerprint density at radius 3 is 2.67 bits per heavy atom. The first kappa shape index (κ1) is 19.0. The number of hydrogen-bond acceptors (Lipinski definition) is 5. The van der Waals surface area contributed by atoms with Gasteiger partial charge in [-0.2, -0.15) is 5.10 Å². The van der Waals surface area contributed by atoms with Crippen molar-refractivity contribution in [1.29, 1.82) is 0 Å². The Morgan fingerprint density at radius 1 is 1.03 bits per heavy atom. The van der Waals surface area contributed by atoms with Crippen molar-refractivity contribution >= 4 is 17.5 Å². The molecule has 1 amide bonds. The minimum atomic E-state index is -0.0384. The average molecular weight is 425 g/mol. The summed E-state index contributed by atoms with van der Waals surface area (Å²) in [6.07, 6.45) is 0. The molecule has 0 bridgehead atoms. The molecule has 154 valence electrons. The molecule has 0 saturated carbocycles. The van der Waals surface area contributed by atoms with Gasteiger partial charge in [-0.05, 0) is 29.8 Å². The topological polar surface area (TPSA) is 70.7 Å². The molecule has 30 heavy (non-hydrogen) atoms. The quantitative estimate of drug-likeness (QED) is 0.695. The lowest BCUT2D eigenvalue weighted by atomic mass is 10.1. The summed E-state index contributed by atoms with van der Waals surface area (Å²) in [4.78, 5) is 17.1. The van der Waals surface area contributed by atoms with E-state index in [-0.39, 0.29) is 12.7 Å². The summed E-state index contributed by atoms with van der Waals surface area (Å²) in [6.45, 7) is 4.07. The molecule has 0 aliphatic carbocycles. The van der Waals surface area contributed by atoms with Crippen LogP contribution in [0, 0.1) is 0 Å². The van der Waals surface area contributed by atoms with Crippen LogP contribution in [-0.4, -0.2) is 58.9 Å². The number of carbonyl (C=O) groups is 1. The number of nitrogens with one attached hydrogen (secondary N) is 1. The van der Waals surface area contributed by atoms with Crippen molar-refractivity contribution in [3.05, 3.63) is 64.8 Å². The summed E-state index contributed by atoms with van der Waals surface area (Å²) in [5.41, 5.74) is 3.14. The third-order valence-corrected chi connectivity index (χ3v) is 5.79. The van der Waals surface area contributed by atoms with Crippen molar-refractivity contribution in [2.45, 2.75) is 6.54 Å². The number of piperazine rings is 1. The first-order valence-corrected chi connectivity index (χ1v) is 10.3. The van der Waals surface area contributed by atoms with E-state index in [1.165, 1.54) is 5.56 Å². The minimum absolute atomic E-state index is 0.0384. The van der Waals surface area contributed by atoms with Gasteiger partial charge in [-0.3, -0.25) is 14.8 Å². The summed E-state index contributed by atoms with van der Waals surface area (Å²) < 4.78 is 10.8. The first-order valence-electron chi connectivity index (χ1n) is 9.88. The lowest BCUT2D eigenvalue weighted by molar-refractivity contribution is 0.0622. The van der Waals surface area contributed by atoms with Gasteiger partial charge >= 0.3 is 0 Å². The zero-order chi connectivity index (χ0) is 20.5. The molecule has 7 nitrogen and oxygen atoms in total. The molecule has 3 heterocycles. The van der Waals surface area contributed by atoms with E-state index in [1.54, 1.807) is 6.07 Å². The number of aromatic amines is 1. The van der Waals surface area contributed by atoms with Crippen molar-refractivity contribution in [2.24, 2.45) is 0 Å². The van der Waals surface area contributed by atoms with Crippen LogP contribution in [0.25, 0.3) is 11.3 Å². The van der Waals surface area contributed by atoms with Gasteiger partial charge in [0.25, 0.3) is 5.91 Å². The fourth-order valence-electron chi connectivity index (χ4n) is 3.82. The number of fused-ring (bicyclic) bond motifs is 1. The number of ether oxygens (including phenoxy) is 2. The summed E-state index contributed by atoms with van der Waals surface area (Å²) in [6, 6.07) is 15.3. The van der Waals surface area contributed by atoms with Crippen LogP contribution < -0.4 is 9.47 Å². The molecule has 5 rings (SSSR count). The third-order valence-electron chi connectivity index (χ3n) is 5.46. The number of H-pyrrole nitrogens is 1. The highest BCUT2D eigenvalue weighted by atomic mass is 35.5. The van der Waals surface area contributed by atoms with Gasteiger partial charge in [-0.1, -0.05) is 35.9 Å². The summed E-state index contributed by atoms with van der Waals surface area (Å²) in [7, 11) is 0. The van der Waals surface area contributed by atoms with E-state index in [1.807, 2.05) is 41.3 Å². The van der Waals surface area contributed by atoms with Gasteiger partial charge in [0.1, 0.15) is 5.69 Å². The van der Waals surface area contributed by atoms with Crippen molar-refractivity contribution in [2.75, 3.05) is 33.0 Å². The lowest BCUT2D eigenvalue weighted by Gasteiger charge is -2.34. The minimum Gasteiger partial charge on any atom is -0.454 e. The van der Waals surface area contributed by atoms with E-state index in [0.29, 0.717) is 29.5 Å². The number of carbonyl (C=O) groups excluding carboxylic acids is 1. The number of rotatable bonds is 4. The highest BCUT2D eigenvalue weighted by Gasteiger charge is 2.24. The van der Waals surface area contributed by atoms with Crippen LogP contribution in [0.2, 0.25) is 5.02 Å². The molecular formula is C22H21ClN4O3. The van der Waals surface area contributed by atoms with Gasteiger partial charge in [0.05, 0.1) is 10.7 Å².